The highest BCUT2D eigenvalue weighted by molar-refractivity contribution is 5.90. The molecule has 0 spiro atoms. The van der Waals surface area contributed by atoms with Gasteiger partial charge in [-0.05, 0) is 32.3 Å². The molecule has 0 aromatic rings. The lowest BCUT2D eigenvalue weighted by atomic mass is 10.1. The molecule has 1 nitrogen and oxygen atoms in total. The highest BCUT2D eigenvalue weighted by Crippen LogP contribution is 2.05. The minimum absolute atomic E-state index is 0.263. The lowest BCUT2D eigenvalue weighted by molar-refractivity contribution is -0.114. The van der Waals surface area contributed by atoms with Gasteiger partial charge in [-0.25, -0.2) is 0 Å². The minimum atomic E-state index is 0.263. The Morgan fingerprint density at radius 1 is 1.36 bits per heavy atom. The third-order valence-electron chi connectivity index (χ3n) is 1.42. The molecule has 0 aliphatic heterocycles. The van der Waals surface area contributed by atoms with E-state index in [2.05, 4.69) is 13.8 Å². The molecule has 0 atom stereocenters. The summed E-state index contributed by atoms with van der Waals surface area (Å²) < 4.78 is 0. The van der Waals surface area contributed by atoms with Crippen LogP contribution in [0.4, 0.5) is 0 Å². The smallest absolute Gasteiger partial charge is 0.155 e. The summed E-state index contributed by atoms with van der Waals surface area (Å²) in [7, 11) is 0. The van der Waals surface area contributed by atoms with Crippen LogP contribution in [0.3, 0.4) is 0 Å². The second-order valence-electron chi connectivity index (χ2n) is 3.62. The van der Waals surface area contributed by atoms with Crippen LogP contribution >= 0.6 is 0 Å². The first-order valence-corrected chi connectivity index (χ1v) is 4.20. The van der Waals surface area contributed by atoms with E-state index in [4.69, 9.17) is 0 Å². The largest absolute Gasteiger partial charge is 0.295 e. The predicted molar refractivity (Wildman–Crippen MR) is 48.5 cm³/mol. The Labute approximate surface area is 69.5 Å². The van der Waals surface area contributed by atoms with Crippen molar-refractivity contribution in [3.63, 3.8) is 0 Å². The predicted octanol–water partition coefficient (Wildman–Crippen LogP) is 2.96. The minimum Gasteiger partial charge on any atom is -0.295 e. The third kappa shape index (κ3) is 7.31. The molecule has 0 radical (unpaired) electrons. The molecule has 0 rings (SSSR count). The summed E-state index contributed by atoms with van der Waals surface area (Å²) in [5.74, 6) is 0.892. The van der Waals surface area contributed by atoms with Crippen molar-refractivity contribution in [2.75, 3.05) is 0 Å². The molecule has 0 aliphatic rings. The van der Waals surface area contributed by atoms with Gasteiger partial charge in [0.2, 0.25) is 0 Å². The molecular weight excluding hydrogens is 136 g/mol. The highest BCUT2D eigenvalue weighted by Gasteiger charge is 1.99. The van der Waals surface area contributed by atoms with Crippen molar-refractivity contribution in [2.45, 2.75) is 40.5 Å². The number of allylic oxidation sites excluding steroid dienone is 2. The Hall–Kier alpha value is -0.590. The summed E-state index contributed by atoms with van der Waals surface area (Å²) >= 11 is 0. The van der Waals surface area contributed by atoms with Crippen LogP contribution in [0, 0.1) is 5.92 Å². The third-order valence-corrected chi connectivity index (χ3v) is 1.42. The summed E-state index contributed by atoms with van der Waals surface area (Å²) in [6.07, 6.45) is 3.42. The monoisotopic (exact) mass is 154 g/mol. The Kier molecular flexibility index (Phi) is 4.84. The van der Waals surface area contributed by atoms with E-state index in [1.165, 1.54) is 0 Å². The van der Waals surface area contributed by atoms with E-state index < -0.39 is 0 Å². The number of hydrogen-bond acceptors (Lipinski definition) is 1. The molecule has 0 heterocycles. The van der Waals surface area contributed by atoms with Gasteiger partial charge in [-0.2, -0.15) is 0 Å². The van der Waals surface area contributed by atoms with Crippen molar-refractivity contribution in [1.82, 2.24) is 0 Å². The molecular formula is C10H18O. The second-order valence-corrected chi connectivity index (χ2v) is 3.62. The highest BCUT2D eigenvalue weighted by atomic mass is 16.1. The van der Waals surface area contributed by atoms with Crippen molar-refractivity contribution in [3.05, 3.63) is 11.6 Å². The summed E-state index contributed by atoms with van der Waals surface area (Å²) in [4.78, 5) is 11.1. The number of hydrogen-bond donors (Lipinski definition) is 0. The van der Waals surface area contributed by atoms with Crippen LogP contribution in [0.5, 0.6) is 0 Å². The van der Waals surface area contributed by atoms with Crippen LogP contribution in [-0.4, -0.2) is 5.78 Å². The molecule has 0 aliphatic carbocycles. The molecule has 1 heteroatoms. The lowest BCUT2D eigenvalue weighted by Gasteiger charge is -2.00. The zero-order valence-corrected chi connectivity index (χ0v) is 7.98. The standard InChI is InChI=1S/C10H18O/c1-8(2)5-6-10(11)7-9(3)4/h7-8H,5-6H2,1-4H3. The fourth-order valence-electron chi connectivity index (χ4n) is 0.825. The fraction of sp³-hybridized carbons (Fsp3) is 0.700. The van der Waals surface area contributed by atoms with E-state index in [1.54, 1.807) is 6.08 Å². The Morgan fingerprint density at radius 3 is 2.27 bits per heavy atom. The molecule has 0 fully saturated rings. The average Bonchev–Trinajstić information content (AvgIpc) is 1.82. The number of carbonyl (C=O) groups is 1. The SMILES string of the molecule is CC(C)=CC(=O)CCC(C)C. The Morgan fingerprint density at radius 2 is 1.91 bits per heavy atom. The summed E-state index contributed by atoms with van der Waals surface area (Å²) in [6, 6.07) is 0. The Balaban J connectivity index is 3.63. The average molecular weight is 154 g/mol. The lowest BCUT2D eigenvalue weighted by Crippen LogP contribution is -1.96. The maximum atomic E-state index is 11.1. The van der Waals surface area contributed by atoms with Gasteiger partial charge in [0.05, 0.1) is 0 Å². The first kappa shape index (κ1) is 10.4. The van der Waals surface area contributed by atoms with Gasteiger partial charge < -0.3 is 0 Å². The quantitative estimate of drug-likeness (QED) is 0.569. The van der Waals surface area contributed by atoms with Crippen LogP contribution in [0.25, 0.3) is 0 Å². The molecule has 0 aromatic heterocycles. The zero-order chi connectivity index (χ0) is 8.85. The Bertz CT molecular complexity index is 150. The van der Waals surface area contributed by atoms with Crippen LogP contribution in [0.15, 0.2) is 11.6 Å². The maximum absolute atomic E-state index is 11.1. The van der Waals surface area contributed by atoms with E-state index in [0.29, 0.717) is 12.3 Å². The molecule has 0 saturated heterocycles. The van der Waals surface area contributed by atoms with Crippen molar-refractivity contribution in [2.24, 2.45) is 5.92 Å². The van der Waals surface area contributed by atoms with Gasteiger partial charge >= 0.3 is 0 Å². The van der Waals surface area contributed by atoms with Gasteiger partial charge in [0.15, 0.2) is 5.78 Å². The molecule has 0 unspecified atom stereocenters. The van der Waals surface area contributed by atoms with Crippen molar-refractivity contribution in [1.29, 1.82) is 0 Å². The van der Waals surface area contributed by atoms with Gasteiger partial charge in [0.1, 0.15) is 0 Å². The number of carbonyl (C=O) groups excluding carboxylic acids is 1. The van der Waals surface area contributed by atoms with Gasteiger partial charge in [-0.3, -0.25) is 4.79 Å². The van der Waals surface area contributed by atoms with Crippen LogP contribution in [0.1, 0.15) is 40.5 Å². The van der Waals surface area contributed by atoms with Gasteiger partial charge in [-0.15, -0.1) is 0 Å². The molecule has 11 heavy (non-hydrogen) atoms. The molecule has 64 valence electrons. The van der Waals surface area contributed by atoms with E-state index >= 15 is 0 Å². The van der Waals surface area contributed by atoms with Crippen molar-refractivity contribution < 1.29 is 4.79 Å². The first-order chi connectivity index (χ1) is 5.02. The second kappa shape index (κ2) is 5.11. The molecule has 0 N–H and O–H groups in total. The molecule has 0 aromatic carbocycles. The van der Waals surface area contributed by atoms with E-state index in [9.17, 15) is 4.79 Å². The normalized spacial score (nSPS) is 9.91. The van der Waals surface area contributed by atoms with Gasteiger partial charge in [0, 0.05) is 6.42 Å². The van der Waals surface area contributed by atoms with E-state index in [0.717, 1.165) is 12.0 Å². The maximum Gasteiger partial charge on any atom is 0.155 e. The topological polar surface area (TPSA) is 17.1 Å². The number of ketones is 1. The summed E-state index contributed by atoms with van der Waals surface area (Å²) in [5, 5.41) is 0. The van der Waals surface area contributed by atoms with Crippen molar-refractivity contribution >= 4 is 5.78 Å². The van der Waals surface area contributed by atoms with E-state index in [1.807, 2.05) is 13.8 Å². The van der Waals surface area contributed by atoms with Crippen LogP contribution < -0.4 is 0 Å². The molecule has 0 bridgehead atoms. The zero-order valence-electron chi connectivity index (χ0n) is 7.98. The van der Waals surface area contributed by atoms with Gasteiger partial charge in [-0.1, -0.05) is 19.4 Å². The van der Waals surface area contributed by atoms with Crippen molar-refractivity contribution in [3.8, 4) is 0 Å². The van der Waals surface area contributed by atoms with E-state index in [-0.39, 0.29) is 5.78 Å². The summed E-state index contributed by atoms with van der Waals surface area (Å²) in [5.41, 5.74) is 1.10. The van der Waals surface area contributed by atoms with Crippen LogP contribution in [-0.2, 0) is 4.79 Å². The first-order valence-electron chi connectivity index (χ1n) is 4.20. The molecule has 0 saturated carbocycles. The fourth-order valence-corrected chi connectivity index (χ4v) is 0.825. The summed E-state index contributed by atoms with van der Waals surface area (Å²) in [6.45, 7) is 8.17. The van der Waals surface area contributed by atoms with Crippen LogP contribution in [0.2, 0.25) is 0 Å². The van der Waals surface area contributed by atoms with Gasteiger partial charge in [0.25, 0.3) is 0 Å². The number of rotatable bonds is 4. The molecule has 0 amide bonds.